The minimum Gasteiger partial charge on any atom is -0.351 e. The van der Waals surface area contributed by atoms with E-state index >= 15 is 0 Å². The van der Waals surface area contributed by atoms with Gasteiger partial charge >= 0.3 is 0 Å². The molecule has 44 valence electrons. The topological polar surface area (TPSA) is 45.4 Å². The summed E-state index contributed by atoms with van der Waals surface area (Å²) in [7, 11) is 0. The van der Waals surface area contributed by atoms with Crippen molar-refractivity contribution in [1.29, 1.82) is 0 Å². The molecule has 0 spiro atoms. The molecule has 0 saturated carbocycles. The second-order valence-electron chi connectivity index (χ2n) is 1.48. The number of aliphatic hydroxyl groups excluding tert-OH is 1. The first-order valence-electron chi connectivity index (χ1n) is 2.29. The standard InChI is InChI=1S/C5H7NO2/c7-5(8)6-3-1-2-4-6/h1-5,7-8H. The van der Waals surface area contributed by atoms with Gasteiger partial charge in [-0.05, 0) is 12.1 Å². The zero-order chi connectivity index (χ0) is 5.98. The van der Waals surface area contributed by atoms with E-state index in [1.807, 2.05) is 0 Å². The molecule has 0 fully saturated rings. The van der Waals surface area contributed by atoms with Gasteiger partial charge < -0.3 is 14.8 Å². The van der Waals surface area contributed by atoms with Gasteiger partial charge in [0.1, 0.15) is 0 Å². The lowest BCUT2D eigenvalue weighted by Crippen LogP contribution is -2.02. The van der Waals surface area contributed by atoms with Gasteiger partial charge in [-0.2, -0.15) is 0 Å². The summed E-state index contributed by atoms with van der Waals surface area (Å²) in [6.07, 6.45) is 1.75. The van der Waals surface area contributed by atoms with Gasteiger partial charge in [0.05, 0.1) is 0 Å². The quantitative estimate of drug-likeness (QED) is 0.501. The van der Waals surface area contributed by atoms with Gasteiger partial charge in [-0.25, -0.2) is 0 Å². The van der Waals surface area contributed by atoms with Crippen molar-refractivity contribution in [1.82, 2.24) is 4.57 Å². The maximum Gasteiger partial charge on any atom is 0.238 e. The van der Waals surface area contributed by atoms with Crippen molar-refractivity contribution in [3.05, 3.63) is 24.5 Å². The molecule has 8 heavy (non-hydrogen) atoms. The monoisotopic (exact) mass is 113 g/mol. The van der Waals surface area contributed by atoms with E-state index in [-0.39, 0.29) is 0 Å². The number of rotatable bonds is 1. The molecule has 0 atom stereocenters. The first-order chi connectivity index (χ1) is 3.80. The molecule has 0 aliphatic heterocycles. The van der Waals surface area contributed by atoms with Crippen molar-refractivity contribution in [3.8, 4) is 0 Å². The van der Waals surface area contributed by atoms with E-state index in [9.17, 15) is 0 Å². The summed E-state index contributed by atoms with van der Waals surface area (Å²) in [6, 6.07) is 3.44. The molecule has 0 saturated heterocycles. The Morgan fingerprint density at radius 2 is 1.62 bits per heavy atom. The Kier molecular flexibility index (Phi) is 1.32. The van der Waals surface area contributed by atoms with Crippen LogP contribution in [0.1, 0.15) is 6.41 Å². The fraction of sp³-hybridized carbons (Fsp3) is 0.200. The van der Waals surface area contributed by atoms with E-state index in [4.69, 9.17) is 10.2 Å². The second-order valence-corrected chi connectivity index (χ2v) is 1.48. The van der Waals surface area contributed by atoms with Gasteiger partial charge in [0.15, 0.2) is 0 Å². The van der Waals surface area contributed by atoms with Crippen molar-refractivity contribution in [2.75, 3.05) is 0 Å². The molecule has 0 amide bonds. The number of hydrogen-bond acceptors (Lipinski definition) is 2. The summed E-state index contributed by atoms with van der Waals surface area (Å²) in [5.74, 6) is 0. The van der Waals surface area contributed by atoms with Crippen LogP contribution in [0.4, 0.5) is 0 Å². The molecule has 2 N–H and O–H groups in total. The molecule has 0 bridgehead atoms. The Morgan fingerprint density at radius 3 is 1.88 bits per heavy atom. The maximum absolute atomic E-state index is 8.43. The Bertz CT molecular complexity index is 145. The Labute approximate surface area is 46.8 Å². The van der Waals surface area contributed by atoms with Gasteiger partial charge in [-0.1, -0.05) is 0 Å². The summed E-state index contributed by atoms with van der Waals surface area (Å²) in [5, 5.41) is 16.9. The van der Waals surface area contributed by atoms with Crippen LogP contribution in [-0.4, -0.2) is 14.8 Å². The van der Waals surface area contributed by atoms with Crippen LogP contribution in [0, 0.1) is 0 Å². The number of aliphatic hydroxyl groups is 2. The molecule has 0 aliphatic carbocycles. The number of aromatic nitrogens is 1. The lowest BCUT2D eigenvalue weighted by atomic mass is 10.7. The summed E-state index contributed by atoms with van der Waals surface area (Å²) < 4.78 is 1.28. The van der Waals surface area contributed by atoms with Crippen LogP contribution in [0.15, 0.2) is 24.5 Å². The summed E-state index contributed by atoms with van der Waals surface area (Å²) >= 11 is 0. The average Bonchev–Trinajstić information content (AvgIpc) is 2.12. The van der Waals surface area contributed by atoms with Gasteiger partial charge in [0.2, 0.25) is 6.41 Å². The van der Waals surface area contributed by atoms with E-state index in [1.54, 1.807) is 24.5 Å². The van der Waals surface area contributed by atoms with E-state index in [1.165, 1.54) is 4.57 Å². The molecule has 0 aromatic carbocycles. The zero-order valence-electron chi connectivity index (χ0n) is 4.23. The maximum atomic E-state index is 8.43. The average molecular weight is 113 g/mol. The van der Waals surface area contributed by atoms with Crippen LogP contribution in [-0.2, 0) is 0 Å². The van der Waals surface area contributed by atoms with Gasteiger partial charge in [-0.15, -0.1) is 0 Å². The Hall–Kier alpha value is -0.800. The molecule has 0 unspecified atom stereocenters. The number of nitrogens with zero attached hydrogens (tertiary/aromatic N) is 1. The zero-order valence-corrected chi connectivity index (χ0v) is 4.23. The van der Waals surface area contributed by atoms with Crippen LogP contribution in [0.2, 0.25) is 0 Å². The highest BCUT2D eigenvalue weighted by Crippen LogP contribution is 1.95. The minimum atomic E-state index is -1.40. The SMILES string of the molecule is OC(O)n1cccc1. The summed E-state index contributed by atoms with van der Waals surface area (Å²) in [6.45, 7) is 0. The summed E-state index contributed by atoms with van der Waals surface area (Å²) in [5.41, 5.74) is 0. The third kappa shape index (κ3) is 0.882. The van der Waals surface area contributed by atoms with Crippen molar-refractivity contribution in [2.24, 2.45) is 0 Å². The van der Waals surface area contributed by atoms with E-state index in [2.05, 4.69) is 0 Å². The van der Waals surface area contributed by atoms with Crippen molar-refractivity contribution in [3.63, 3.8) is 0 Å². The fourth-order valence-electron chi connectivity index (χ4n) is 0.502. The van der Waals surface area contributed by atoms with E-state index in [0.29, 0.717) is 0 Å². The number of hydrogen-bond donors (Lipinski definition) is 2. The van der Waals surface area contributed by atoms with Crippen molar-refractivity contribution in [2.45, 2.75) is 6.41 Å². The van der Waals surface area contributed by atoms with Crippen molar-refractivity contribution >= 4 is 0 Å². The van der Waals surface area contributed by atoms with E-state index < -0.39 is 6.41 Å². The molecule has 1 heterocycles. The Balaban J connectivity index is 2.77. The largest absolute Gasteiger partial charge is 0.351 e. The van der Waals surface area contributed by atoms with Crippen molar-refractivity contribution < 1.29 is 10.2 Å². The molecule has 1 aromatic rings. The molecule has 3 nitrogen and oxygen atoms in total. The molecule has 3 heteroatoms. The predicted octanol–water partition coefficient (Wildman–Crippen LogP) is -0.0712. The summed E-state index contributed by atoms with van der Waals surface area (Å²) in [4.78, 5) is 0. The first-order valence-corrected chi connectivity index (χ1v) is 2.29. The van der Waals surface area contributed by atoms with Crippen LogP contribution in [0.5, 0.6) is 0 Å². The highest BCUT2D eigenvalue weighted by atomic mass is 16.5. The lowest BCUT2D eigenvalue weighted by molar-refractivity contribution is -0.102. The van der Waals surface area contributed by atoms with Gasteiger partial charge in [0, 0.05) is 12.4 Å². The molecule has 1 aromatic heterocycles. The van der Waals surface area contributed by atoms with Crippen LogP contribution in [0.3, 0.4) is 0 Å². The highest BCUT2D eigenvalue weighted by Gasteiger charge is 1.93. The molecule has 0 aliphatic rings. The minimum absolute atomic E-state index is 1.28. The smallest absolute Gasteiger partial charge is 0.238 e. The highest BCUT2D eigenvalue weighted by molar-refractivity contribution is 4.89. The predicted molar refractivity (Wildman–Crippen MR) is 27.9 cm³/mol. The molecular formula is C5H7NO2. The third-order valence-corrected chi connectivity index (χ3v) is 0.894. The first kappa shape index (κ1) is 5.34. The van der Waals surface area contributed by atoms with Gasteiger partial charge in [-0.3, -0.25) is 0 Å². The third-order valence-electron chi connectivity index (χ3n) is 0.894. The van der Waals surface area contributed by atoms with Crippen LogP contribution in [0.25, 0.3) is 0 Å². The van der Waals surface area contributed by atoms with Gasteiger partial charge in [0.25, 0.3) is 0 Å². The normalized spacial score (nSPS) is 10.4. The fourth-order valence-corrected chi connectivity index (χ4v) is 0.502. The molecule has 1 rings (SSSR count). The second kappa shape index (κ2) is 1.98. The lowest BCUT2D eigenvalue weighted by Gasteiger charge is -2.01. The Morgan fingerprint density at radius 1 is 1.12 bits per heavy atom. The molecule has 0 radical (unpaired) electrons. The van der Waals surface area contributed by atoms with E-state index in [0.717, 1.165) is 0 Å². The molecular weight excluding hydrogens is 106 g/mol. The van der Waals surface area contributed by atoms with Crippen LogP contribution < -0.4 is 0 Å². The van der Waals surface area contributed by atoms with Crippen LogP contribution >= 0.6 is 0 Å².